The summed E-state index contributed by atoms with van der Waals surface area (Å²) in [5.41, 5.74) is 0. The lowest BCUT2D eigenvalue weighted by Gasteiger charge is -2.14. The Morgan fingerprint density at radius 1 is 0.556 bits per heavy atom. The molecule has 1 rings (SSSR count). The van der Waals surface area contributed by atoms with E-state index in [4.69, 9.17) is 0 Å². The Morgan fingerprint density at radius 2 is 0.944 bits per heavy atom. The van der Waals surface area contributed by atoms with Crippen molar-refractivity contribution >= 4 is 0 Å². The minimum Gasteiger partial charge on any atom is -0.234 e. The van der Waals surface area contributed by atoms with E-state index < -0.39 is 0 Å². The van der Waals surface area contributed by atoms with Crippen LogP contribution in [0, 0.1) is 0 Å². The standard InChI is InChI=1S/C34H67N2/c1-6-8-10-12-14-15-16-17-18-19-20-21-22-23-25-27-29-35-30-31-36(34(35)32(3)4)33(5)28-26-24-13-11-9-7-2/h30-33H,6-29H2,1-5H3/q+1. The van der Waals surface area contributed by atoms with Crippen molar-refractivity contribution in [3.8, 4) is 0 Å². The average molecular weight is 504 g/mol. The molecule has 0 fully saturated rings. The van der Waals surface area contributed by atoms with Crippen LogP contribution >= 0.6 is 0 Å². The lowest BCUT2D eigenvalue weighted by Crippen LogP contribution is -2.38. The van der Waals surface area contributed by atoms with Crippen LogP contribution in [-0.2, 0) is 6.54 Å². The Labute approximate surface area is 228 Å². The second kappa shape index (κ2) is 23.3. The number of hydrogen-bond acceptors (Lipinski definition) is 0. The van der Waals surface area contributed by atoms with Crippen LogP contribution in [0.3, 0.4) is 0 Å². The Morgan fingerprint density at radius 3 is 1.36 bits per heavy atom. The van der Waals surface area contributed by atoms with E-state index in [1.807, 2.05) is 0 Å². The highest BCUT2D eigenvalue weighted by atomic mass is 15.2. The molecular weight excluding hydrogens is 436 g/mol. The molecule has 2 nitrogen and oxygen atoms in total. The largest absolute Gasteiger partial charge is 0.259 e. The monoisotopic (exact) mass is 504 g/mol. The van der Waals surface area contributed by atoms with Gasteiger partial charge in [-0.05, 0) is 32.6 Å². The first-order chi connectivity index (χ1) is 17.6. The summed E-state index contributed by atoms with van der Waals surface area (Å²) in [7, 11) is 0. The first-order valence-corrected chi connectivity index (χ1v) is 16.7. The topological polar surface area (TPSA) is 8.81 Å². The van der Waals surface area contributed by atoms with E-state index in [-0.39, 0.29) is 0 Å². The third kappa shape index (κ3) is 16.1. The number of imidazole rings is 1. The Bertz CT molecular complexity index is 588. The number of unbranched alkanes of at least 4 members (excludes halogenated alkanes) is 20. The van der Waals surface area contributed by atoms with Gasteiger partial charge in [0.15, 0.2) is 0 Å². The number of nitrogens with zero attached hydrogens (tertiary/aromatic N) is 2. The first-order valence-electron chi connectivity index (χ1n) is 16.7. The van der Waals surface area contributed by atoms with Crippen LogP contribution in [0.15, 0.2) is 12.4 Å². The number of aromatic nitrogens is 2. The molecule has 1 heterocycles. The van der Waals surface area contributed by atoms with Gasteiger partial charge in [-0.3, -0.25) is 0 Å². The van der Waals surface area contributed by atoms with Crippen LogP contribution in [-0.4, -0.2) is 4.57 Å². The minimum atomic E-state index is 0.591. The molecule has 0 saturated carbocycles. The van der Waals surface area contributed by atoms with Crippen molar-refractivity contribution in [2.24, 2.45) is 0 Å². The SMILES string of the molecule is CCCCCCCCCCCCCCCCCC[n+]1ccn(C(C)CCCCCCCC)c1C(C)C. The molecule has 212 valence electrons. The lowest BCUT2D eigenvalue weighted by atomic mass is 10.0. The third-order valence-corrected chi connectivity index (χ3v) is 8.19. The van der Waals surface area contributed by atoms with E-state index in [9.17, 15) is 0 Å². The van der Waals surface area contributed by atoms with Crippen molar-refractivity contribution in [2.75, 3.05) is 0 Å². The molecule has 0 aliphatic rings. The summed E-state index contributed by atoms with van der Waals surface area (Å²) in [5, 5.41) is 0. The summed E-state index contributed by atoms with van der Waals surface area (Å²) >= 11 is 0. The van der Waals surface area contributed by atoms with Gasteiger partial charge in [0.25, 0.3) is 5.82 Å². The molecule has 36 heavy (non-hydrogen) atoms. The summed E-state index contributed by atoms with van der Waals surface area (Å²) in [4.78, 5) is 0. The Balaban J connectivity index is 2.10. The third-order valence-electron chi connectivity index (χ3n) is 8.19. The van der Waals surface area contributed by atoms with E-state index in [2.05, 4.69) is 56.1 Å². The maximum Gasteiger partial charge on any atom is 0.259 e. The molecule has 0 amide bonds. The predicted molar refractivity (Wildman–Crippen MR) is 161 cm³/mol. The van der Waals surface area contributed by atoms with E-state index in [0.717, 1.165) is 0 Å². The maximum absolute atomic E-state index is 2.59. The molecule has 0 aliphatic carbocycles. The summed E-state index contributed by atoms with van der Waals surface area (Å²) in [6, 6.07) is 0.626. The zero-order valence-corrected chi connectivity index (χ0v) is 25.7. The molecule has 0 bridgehead atoms. The van der Waals surface area contributed by atoms with Gasteiger partial charge in [-0.15, -0.1) is 0 Å². The van der Waals surface area contributed by atoms with Gasteiger partial charge in [-0.25, -0.2) is 9.13 Å². The van der Waals surface area contributed by atoms with Gasteiger partial charge < -0.3 is 0 Å². The van der Waals surface area contributed by atoms with Crippen molar-refractivity contribution < 1.29 is 4.57 Å². The van der Waals surface area contributed by atoms with Crippen molar-refractivity contribution in [1.29, 1.82) is 0 Å². The fourth-order valence-electron chi connectivity index (χ4n) is 5.83. The maximum atomic E-state index is 2.59. The van der Waals surface area contributed by atoms with Crippen molar-refractivity contribution in [3.05, 3.63) is 18.2 Å². The zero-order chi connectivity index (χ0) is 26.3. The summed E-state index contributed by atoms with van der Waals surface area (Å²) in [6.07, 6.45) is 37.5. The van der Waals surface area contributed by atoms with Crippen molar-refractivity contribution in [2.45, 2.75) is 201 Å². The fourth-order valence-corrected chi connectivity index (χ4v) is 5.83. The van der Waals surface area contributed by atoms with Crippen LogP contribution in [0.25, 0.3) is 0 Å². The van der Waals surface area contributed by atoms with E-state index in [1.165, 1.54) is 160 Å². The molecule has 0 radical (unpaired) electrons. The van der Waals surface area contributed by atoms with Gasteiger partial charge in [-0.1, -0.05) is 150 Å². The normalized spacial score (nSPS) is 12.6. The molecule has 1 unspecified atom stereocenters. The molecule has 0 N–H and O–H groups in total. The first kappa shape index (κ1) is 33.2. The molecular formula is C34H67N2+. The van der Waals surface area contributed by atoms with E-state index >= 15 is 0 Å². The highest BCUT2D eigenvalue weighted by Crippen LogP contribution is 2.22. The molecule has 0 aromatic carbocycles. The highest BCUT2D eigenvalue weighted by Gasteiger charge is 2.23. The van der Waals surface area contributed by atoms with Crippen LogP contribution < -0.4 is 4.57 Å². The number of rotatable bonds is 26. The quantitative estimate of drug-likeness (QED) is 0.0877. The molecule has 0 spiro atoms. The summed E-state index contributed by atoms with van der Waals surface area (Å²) in [5.74, 6) is 2.13. The van der Waals surface area contributed by atoms with Crippen LogP contribution in [0.2, 0.25) is 0 Å². The second-order valence-electron chi connectivity index (χ2n) is 12.1. The second-order valence-corrected chi connectivity index (χ2v) is 12.1. The number of aryl methyl sites for hydroxylation is 1. The number of hydrogen-bond donors (Lipinski definition) is 0. The van der Waals surface area contributed by atoms with Crippen LogP contribution in [0.4, 0.5) is 0 Å². The van der Waals surface area contributed by atoms with Crippen molar-refractivity contribution in [3.63, 3.8) is 0 Å². The molecule has 0 saturated heterocycles. The lowest BCUT2D eigenvalue weighted by molar-refractivity contribution is -0.705. The van der Waals surface area contributed by atoms with E-state index in [1.54, 1.807) is 0 Å². The van der Waals surface area contributed by atoms with Gasteiger partial charge in [0, 0.05) is 0 Å². The van der Waals surface area contributed by atoms with E-state index in [0.29, 0.717) is 12.0 Å². The van der Waals surface area contributed by atoms with Crippen molar-refractivity contribution in [1.82, 2.24) is 4.57 Å². The Kier molecular flexibility index (Phi) is 21.5. The van der Waals surface area contributed by atoms with Gasteiger partial charge in [0.1, 0.15) is 12.4 Å². The summed E-state index contributed by atoms with van der Waals surface area (Å²) in [6.45, 7) is 13.0. The molecule has 0 aliphatic heterocycles. The molecule has 1 atom stereocenters. The molecule has 1 aromatic rings. The van der Waals surface area contributed by atoms with Crippen LogP contribution in [0.1, 0.15) is 200 Å². The molecule has 1 aromatic heterocycles. The van der Waals surface area contributed by atoms with Gasteiger partial charge in [-0.2, -0.15) is 0 Å². The average Bonchev–Trinajstić information content (AvgIpc) is 3.30. The zero-order valence-electron chi connectivity index (χ0n) is 25.7. The minimum absolute atomic E-state index is 0.591. The summed E-state index contributed by atoms with van der Waals surface area (Å²) < 4.78 is 5.15. The van der Waals surface area contributed by atoms with Gasteiger partial charge >= 0.3 is 0 Å². The van der Waals surface area contributed by atoms with Crippen LogP contribution in [0.5, 0.6) is 0 Å². The van der Waals surface area contributed by atoms with Gasteiger partial charge in [0.05, 0.1) is 18.5 Å². The highest BCUT2D eigenvalue weighted by molar-refractivity contribution is 4.92. The fraction of sp³-hybridized carbons (Fsp3) is 0.912. The Hall–Kier alpha value is -0.790. The van der Waals surface area contributed by atoms with Gasteiger partial charge in [0.2, 0.25) is 0 Å². The molecule has 2 heteroatoms. The predicted octanol–water partition coefficient (Wildman–Crippen LogP) is 11.5. The smallest absolute Gasteiger partial charge is 0.234 e.